The van der Waals surface area contributed by atoms with Gasteiger partial charge in [0, 0.05) is 17.3 Å². The lowest BCUT2D eigenvalue weighted by molar-refractivity contribution is 0.108. The summed E-state index contributed by atoms with van der Waals surface area (Å²) in [7, 11) is 1.57. The highest BCUT2D eigenvalue weighted by Gasteiger charge is 2.17. The first-order valence-electron chi connectivity index (χ1n) is 6.65. The van der Waals surface area contributed by atoms with Gasteiger partial charge < -0.3 is 14.3 Å². The molecule has 0 aliphatic heterocycles. The third-order valence-electron chi connectivity index (χ3n) is 3.03. The number of carbonyl (C=O) groups is 1. The molecule has 3 rings (SSSR count). The number of thioether (sulfide) groups is 1. The molecule has 23 heavy (non-hydrogen) atoms. The lowest BCUT2D eigenvalue weighted by Gasteiger charge is -2.00. The van der Waals surface area contributed by atoms with Crippen LogP contribution in [0.15, 0.2) is 58.2 Å². The van der Waals surface area contributed by atoms with Crippen LogP contribution in [0.4, 0.5) is 0 Å². The third kappa shape index (κ3) is 3.35. The lowest BCUT2D eigenvalue weighted by atomic mass is 10.2. The average molecular weight is 328 g/mol. The van der Waals surface area contributed by atoms with Gasteiger partial charge in [-0.2, -0.15) is 0 Å². The van der Waals surface area contributed by atoms with Crippen LogP contribution >= 0.6 is 11.8 Å². The van der Waals surface area contributed by atoms with Gasteiger partial charge in [-0.25, -0.2) is 0 Å². The van der Waals surface area contributed by atoms with Crippen LogP contribution in [0.3, 0.4) is 0 Å². The highest BCUT2D eigenvalue weighted by molar-refractivity contribution is 8.14. The summed E-state index contributed by atoms with van der Waals surface area (Å²) in [4.78, 5) is 12.1. The molecule has 1 heterocycles. The first kappa shape index (κ1) is 15.1. The van der Waals surface area contributed by atoms with Crippen LogP contribution in [-0.2, 0) is 0 Å². The number of ether oxygens (including phenoxy) is 1. The number of rotatable bonds is 4. The number of hydrogen-bond donors (Lipinski definition) is 1. The molecule has 0 unspecified atom stereocenters. The molecule has 7 heteroatoms. The fourth-order valence-corrected chi connectivity index (χ4v) is 2.55. The minimum atomic E-state index is -0.371. The summed E-state index contributed by atoms with van der Waals surface area (Å²) < 4.78 is 10.6. The van der Waals surface area contributed by atoms with Crippen molar-refractivity contribution in [1.82, 2.24) is 10.2 Å². The highest BCUT2D eigenvalue weighted by atomic mass is 32.2. The zero-order valence-electron chi connectivity index (χ0n) is 12.1. The van der Waals surface area contributed by atoms with Gasteiger partial charge in [-0.1, -0.05) is 18.2 Å². The number of aromatic nitrogens is 2. The summed E-state index contributed by atoms with van der Waals surface area (Å²) in [6.45, 7) is 0. The van der Waals surface area contributed by atoms with Crippen molar-refractivity contribution in [3.8, 4) is 23.0 Å². The van der Waals surface area contributed by atoms with Crippen LogP contribution < -0.4 is 4.74 Å². The smallest absolute Gasteiger partial charge is 0.284 e. The molecule has 1 aromatic heterocycles. The number of hydrogen-bond acceptors (Lipinski definition) is 7. The third-order valence-corrected chi connectivity index (χ3v) is 3.77. The molecule has 0 radical (unpaired) electrons. The second-order valence-electron chi connectivity index (χ2n) is 4.51. The summed E-state index contributed by atoms with van der Waals surface area (Å²) in [6, 6.07) is 13.5. The highest BCUT2D eigenvalue weighted by Crippen LogP contribution is 2.29. The van der Waals surface area contributed by atoms with Gasteiger partial charge >= 0.3 is 0 Å². The molecule has 0 atom stereocenters. The van der Waals surface area contributed by atoms with Gasteiger partial charge in [0.25, 0.3) is 5.22 Å². The van der Waals surface area contributed by atoms with E-state index in [0.29, 0.717) is 11.3 Å². The van der Waals surface area contributed by atoms with Crippen molar-refractivity contribution in [2.75, 3.05) is 7.11 Å². The summed E-state index contributed by atoms with van der Waals surface area (Å²) >= 11 is 0.766. The minimum absolute atomic E-state index is 0.0856. The Labute approximate surface area is 136 Å². The van der Waals surface area contributed by atoms with Crippen LogP contribution in [0.1, 0.15) is 10.4 Å². The summed E-state index contributed by atoms with van der Waals surface area (Å²) in [5, 5.41) is 17.2. The number of methoxy groups -OCH3 is 1. The van der Waals surface area contributed by atoms with E-state index in [1.54, 1.807) is 43.5 Å². The molecule has 0 aliphatic rings. The van der Waals surface area contributed by atoms with Crippen molar-refractivity contribution in [2.45, 2.75) is 5.22 Å². The number of phenolic OH excluding ortho intramolecular Hbond substituents is 1. The fourth-order valence-electron chi connectivity index (χ4n) is 1.90. The SMILES string of the molecule is COc1cccc(-c2nnc(SC(=O)c3ccccc3O)o2)c1. The largest absolute Gasteiger partial charge is 0.507 e. The summed E-state index contributed by atoms with van der Waals surface area (Å²) in [5.41, 5.74) is 0.886. The van der Waals surface area contributed by atoms with E-state index in [0.717, 1.165) is 11.8 Å². The fraction of sp³-hybridized carbons (Fsp3) is 0.0625. The second-order valence-corrected chi connectivity index (χ2v) is 5.44. The molecule has 0 amide bonds. The Bertz CT molecular complexity index is 847. The van der Waals surface area contributed by atoms with Crippen molar-refractivity contribution in [2.24, 2.45) is 0 Å². The standard InChI is InChI=1S/C16H12N2O4S/c1-21-11-6-4-5-10(9-11)14-17-18-16(22-14)23-15(20)12-7-2-3-8-13(12)19/h2-9,19H,1H3. The Morgan fingerprint density at radius 2 is 2.00 bits per heavy atom. The predicted molar refractivity (Wildman–Crippen MR) is 84.6 cm³/mol. The van der Waals surface area contributed by atoms with Crippen LogP contribution in [0.5, 0.6) is 11.5 Å². The maximum Gasteiger partial charge on any atom is 0.284 e. The molecule has 0 bridgehead atoms. The van der Waals surface area contributed by atoms with Crippen molar-refractivity contribution < 1.29 is 19.1 Å². The van der Waals surface area contributed by atoms with Gasteiger partial charge in [0.05, 0.1) is 12.7 Å². The number of carbonyl (C=O) groups excluding carboxylic acids is 1. The van der Waals surface area contributed by atoms with Gasteiger partial charge in [0.15, 0.2) is 0 Å². The Kier molecular flexibility index (Phi) is 4.29. The maximum absolute atomic E-state index is 12.1. The minimum Gasteiger partial charge on any atom is -0.507 e. The summed E-state index contributed by atoms with van der Waals surface area (Å²) in [5.74, 6) is 0.870. The Morgan fingerprint density at radius 3 is 2.78 bits per heavy atom. The number of aromatic hydroxyl groups is 1. The average Bonchev–Trinajstić information content (AvgIpc) is 3.03. The maximum atomic E-state index is 12.1. The van der Waals surface area contributed by atoms with Crippen LogP contribution in [0.25, 0.3) is 11.5 Å². The van der Waals surface area contributed by atoms with Gasteiger partial charge in [-0.3, -0.25) is 4.79 Å². The molecule has 0 fully saturated rings. The van der Waals surface area contributed by atoms with Crippen LogP contribution in [0, 0.1) is 0 Å². The molecule has 0 spiro atoms. The summed E-state index contributed by atoms with van der Waals surface area (Å²) in [6.07, 6.45) is 0. The molecular formula is C16H12N2O4S. The first-order chi connectivity index (χ1) is 11.2. The van der Waals surface area contributed by atoms with E-state index in [-0.39, 0.29) is 27.5 Å². The van der Waals surface area contributed by atoms with E-state index in [9.17, 15) is 9.90 Å². The van der Waals surface area contributed by atoms with Crippen molar-refractivity contribution >= 4 is 16.9 Å². The zero-order chi connectivity index (χ0) is 16.2. The van der Waals surface area contributed by atoms with Crippen molar-refractivity contribution in [3.63, 3.8) is 0 Å². The number of para-hydroxylation sites is 1. The first-order valence-corrected chi connectivity index (χ1v) is 7.47. The van der Waals surface area contributed by atoms with Crippen molar-refractivity contribution in [1.29, 1.82) is 0 Å². The quantitative estimate of drug-likeness (QED) is 0.735. The molecule has 3 aromatic rings. The predicted octanol–water partition coefficient (Wildman–Crippen LogP) is 3.38. The number of phenols is 1. The molecule has 2 aromatic carbocycles. The molecule has 0 aliphatic carbocycles. The zero-order valence-corrected chi connectivity index (χ0v) is 12.9. The normalized spacial score (nSPS) is 10.5. The van der Waals surface area contributed by atoms with E-state index >= 15 is 0 Å². The van der Waals surface area contributed by atoms with Gasteiger partial charge in [-0.05, 0) is 30.3 Å². The topological polar surface area (TPSA) is 85.5 Å². The molecule has 6 nitrogen and oxygen atoms in total. The van der Waals surface area contributed by atoms with Crippen LogP contribution in [0.2, 0.25) is 0 Å². The molecule has 1 N–H and O–H groups in total. The monoisotopic (exact) mass is 328 g/mol. The molecule has 116 valence electrons. The van der Waals surface area contributed by atoms with E-state index in [4.69, 9.17) is 9.15 Å². The number of nitrogens with zero attached hydrogens (tertiary/aromatic N) is 2. The Morgan fingerprint density at radius 1 is 1.17 bits per heavy atom. The van der Waals surface area contributed by atoms with E-state index in [1.165, 1.54) is 12.1 Å². The Balaban J connectivity index is 1.79. The molecule has 0 saturated heterocycles. The van der Waals surface area contributed by atoms with Crippen molar-refractivity contribution in [3.05, 3.63) is 54.1 Å². The Hall–Kier alpha value is -2.80. The molecule has 0 saturated carbocycles. The second kappa shape index (κ2) is 6.53. The van der Waals surface area contributed by atoms with E-state index < -0.39 is 0 Å². The van der Waals surface area contributed by atoms with E-state index in [2.05, 4.69) is 10.2 Å². The van der Waals surface area contributed by atoms with Gasteiger partial charge in [0.1, 0.15) is 11.5 Å². The molecular weight excluding hydrogens is 316 g/mol. The van der Waals surface area contributed by atoms with Crippen LogP contribution in [-0.4, -0.2) is 27.5 Å². The van der Waals surface area contributed by atoms with Gasteiger partial charge in [-0.15, -0.1) is 10.2 Å². The number of benzene rings is 2. The van der Waals surface area contributed by atoms with Gasteiger partial charge in [0.2, 0.25) is 11.0 Å². The van der Waals surface area contributed by atoms with E-state index in [1.807, 2.05) is 0 Å². The lowest BCUT2D eigenvalue weighted by Crippen LogP contribution is -1.93.